The fourth-order valence-corrected chi connectivity index (χ4v) is 2.64. The molecule has 2 rings (SSSR count). The topological polar surface area (TPSA) is 37.3 Å². The zero-order chi connectivity index (χ0) is 14.7. The van der Waals surface area contributed by atoms with E-state index in [0.29, 0.717) is 20.6 Å². The van der Waals surface area contributed by atoms with Crippen molar-refractivity contribution in [3.8, 4) is 0 Å². The fourth-order valence-electron chi connectivity index (χ4n) is 2.00. The van der Waals surface area contributed by atoms with E-state index in [9.17, 15) is 9.90 Å². The maximum Gasteiger partial charge on any atom is 0.311 e. The Bertz CT molecular complexity index is 641. The highest BCUT2D eigenvalue weighted by Crippen LogP contribution is 2.32. The molecule has 2 aromatic carbocycles. The Kier molecular flexibility index (Phi) is 4.92. The smallest absolute Gasteiger partial charge is 0.311 e. The minimum absolute atomic E-state index is 0.259. The van der Waals surface area contributed by atoms with Crippen molar-refractivity contribution in [3.05, 3.63) is 68.7 Å². The first-order valence-electron chi connectivity index (χ1n) is 5.90. The average molecular weight is 330 g/mol. The fraction of sp³-hybridized carbons (Fsp3) is 0.133. The van der Waals surface area contributed by atoms with Crippen molar-refractivity contribution >= 4 is 40.8 Å². The molecule has 0 aliphatic rings. The second kappa shape index (κ2) is 6.49. The van der Waals surface area contributed by atoms with Crippen molar-refractivity contribution < 1.29 is 9.90 Å². The zero-order valence-corrected chi connectivity index (χ0v) is 12.6. The van der Waals surface area contributed by atoms with E-state index in [1.165, 1.54) is 0 Å². The van der Waals surface area contributed by atoms with Gasteiger partial charge in [-0.1, -0.05) is 53.0 Å². The number of benzene rings is 2. The number of carboxylic acid groups (broad SMARTS) is 1. The summed E-state index contributed by atoms with van der Waals surface area (Å²) in [6, 6.07) is 12.0. The van der Waals surface area contributed by atoms with Gasteiger partial charge in [0.2, 0.25) is 0 Å². The maximum atomic E-state index is 11.5. The SMILES string of the molecule is O=C(O)C(Cc1ccccc1Cl)c1cc(Cl)ccc1Cl. The van der Waals surface area contributed by atoms with Crippen LogP contribution in [-0.2, 0) is 11.2 Å². The highest BCUT2D eigenvalue weighted by atomic mass is 35.5. The molecule has 0 spiro atoms. The summed E-state index contributed by atoms with van der Waals surface area (Å²) in [5.74, 6) is -1.75. The van der Waals surface area contributed by atoms with Gasteiger partial charge < -0.3 is 5.11 Å². The van der Waals surface area contributed by atoms with Crippen molar-refractivity contribution in [2.24, 2.45) is 0 Å². The third-order valence-corrected chi connectivity index (χ3v) is 3.96. The molecule has 0 aliphatic heterocycles. The van der Waals surface area contributed by atoms with Crippen LogP contribution < -0.4 is 0 Å². The zero-order valence-electron chi connectivity index (χ0n) is 10.3. The molecule has 0 aliphatic carbocycles. The van der Waals surface area contributed by atoms with Crippen LogP contribution in [0.5, 0.6) is 0 Å². The van der Waals surface area contributed by atoms with E-state index in [1.54, 1.807) is 36.4 Å². The molecule has 1 N–H and O–H groups in total. The van der Waals surface area contributed by atoms with Gasteiger partial charge >= 0.3 is 5.97 Å². The number of aliphatic carboxylic acids is 1. The predicted octanol–water partition coefficient (Wildman–Crippen LogP) is 5.06. The number of hydrogen-bond donors (Lipinski definition) is 1. The van der Waals surface area contributed by atoms with E-state index in [2.05, 4.69) is 0 Å². The van der Waals surface area contributed by atoms with Gasteiger partial charge in [0.25, 0.3) is 0 Å². The normalized spacial score (nSPS) is 12.2. The summed E-state index contributed by atoms with van der Waals surface area (Å²) in [6.45, 7) is 0. The van der Waals surface area contributed by atoms with E-state index in [4.69, 9.17) is 34.8 Å². The number of carboxylic acids is 1. The summed E-state index contributed by atoms with van der Waals surface area (Å²) in [6.07, 6.45) is 0.259. The summed E-state index contributed by atoms with van der Waals surface area (Å²) in [5.41, 5.74) is 1.25. The Morgan fingerprint density at radius 2 is 1.75 bits per heavy atom. The number of hydrogen-bond acceptors (Lipinski definition) is 1. The lowest BCUT2D eigenvalue weighted by atomic mass is 9.92. The molecule has 0 fully saturated rings. The first-order valence-corrected chi connectivity index (χ1v) is 7.03. The Morgan fingerprint density at radius 1 is 1.05 bits per heavy atom. The predicted molar refractivity (Wildman–Crippen MR) is 82.0 cm³/mol. The molecule has 0 heterocycles. The van der Waals surface area contributed by atoms with Gasteiger partial charge in [-0.15, -0.1) is 0 Å². The van der Waals surface area contributed by atoms with Crippen LogP contribution in [0.1, 0.15) is 17.0 Å². The highest BCUT2D eigenvalue weighted by Gasteiger charge is 2.24. The van der Waals surface area contributed by atoms with Crippen LogP contribution >= 0.6 is 34.8 Å². The van der Waals surface area contributed by atoms with Gasteiger partial charge in [0.05, 0.1) is 5.92 Å². The molecule has 2 nitrogen and oxygen atoms in total. The minimum atomic E-state index is -0.964. The molecule has 104 valence electrons. The van der Waals surface area contributed by atoms with Crippen LogP contribution in [0.4, 0.5) is 0 Å². The van der Waals surface area contributed by atoms with Gasteiger partial charge in [-0.05, 0) is 41.8 Å². The second-order valence-electron chi connectivity index (χ2n) is 4.35. The standard InChI is InChI=1S/C15H11Cl3O2/c16-10-5-6-14(18)11(8-10)12(15(19)20)7-9-3-1-2-4-13(9)17/h1-6,8,12H,7H2,(H,19,20). The second-order valence-corrected chi connectivity index (χ2v) is 5.60. The minimum Gasteiger partial charge on any atom is -0.481 e. The summed E-state index contributed by atoms with van der Waals surface area (Å²) >= 11 is 18.1. The first kappa shape index (κ1) is 15.2. The molecule has 0 bridgehead atoms. The molecule has 0 saturated carbocycles. The van der Waals surface area contributed by atoms with Gasteiger partial charge in [-0.25, -0.2) is 0 Å². The van der Waals surface area contributed by atoms with Crippen LogP contribution in [0, 0.1) is 0 Å². The van der Waals surface area contributed by atoms with Crippen molar-refractivity contribution in [3.63, 3.8) is 0 Å². The third-order valence-electron chi connectivity index (χ3n) is 3.01. The highest BCUT2D eigenvalue weighted by molar-refractivity contribution is 6.34. The molecule has 0 amide bonds. The Hall–Kier alpha value is -1.22. The lowest BCUT2D eigenvalue weighted by molar-refractivity contribution is -0.138. The summed E-state index contributed by atoms with van der Waals surface area (Å²) in [7, 11) is 0. The van der Waals surface area contributed by atoms with Crippen LogP contribution in [0.2, 0.25) is 15.1 Å². The average Bonchev–Trinajstić information content (AvgIpc) is 2.40. The monoisotopic (exact) mass is 328 g/mol. The molecule has 1 atom stereocenters. The molecule has 0 saturated heterocycles. The van der Waals surface area contributed by atoms with Crippen LogP contribution in [-0.4, -0.2) is 11.1 Å². The molecule has 0 radical (unpaired) electrons. The number of carbonyl (C=O) groups is 1. The summed E-state index contributed by atoms with van der Waals surface area (Å²) in [5, 5.41) is 10.8. The Morgan fingerprint density at radius 3 is 2.40 bits per heavy atom. The van der Waals surface area contributed by atoms with Gasteiger partial charge in [0, 0.05) is 15.1 Å². The lowest BCUT2D eigenvalue weighted by Gasteiger charge is -2.15. The lowest BCUT2D eigenvalue weighted by Crippen LogP contribution is -2.15. The van der Waals surface area contributed by atoms with Gasteiger partial charge in [0.15, 0.2) is 0 Å². The Labute approximate surface area is 131 Å². The van der Waals surface area contributed by atoms with E-state index in [-0.39, 0.29) is 6.42 Å². The molecule has 0 aromatic heterocycles. The summed E-state index contributed by atoms with van der Waals surface area (Å²) < 4.78 is 0. The van der Waals surface area contributed by atoms with E-state index >= 15 is 0 Å². The van der Waals surface area contributed by atoms with Gasteiger partial charge in [-0.3, -0.25) is 4.79 Å². The van der Waals surface area contributed by atoms with Crippen molar-refractivity contribution in [2.45, 2.75) is 12.3 Å². The Balaban J connectivity index is 2.40. The van der Waals surface area contributed by atoms with Crippen LogP contribution in [0.25, 0.3) is 0 Å². The quantitative estimate of drug-likeness (QED) is 0.851. The molecule has 20 heavy (non-hydrogen) atoms. The molecular formula is C15H11Cl3O2. The van der Waals surface area contributed by atoms with Crippen molar-refractivity contribution in [1.82, 2.24) is 0 Å². The van der Waals surface area contributed by atoms with E-state index in [1.807, 2.05) is 6.07 Å². The molecule has 5 heteroatoms. The van der Waals surface area contributed by atoms with Crippen LogP contribution in [0.3, 0.4) is 0 Å². The van der Waals surface area contributed by atoms with Crippen molar-refractivity contribution in [1.29, 1.82) is 0 Å². The number of rotatable bonds is 4. The van der Waals surface area contributed by atoms with E-state index < -0.39 is 11.9 Å². The number of halogens is 3. The largest absolute Gasteiger partial charge is 0.481 e. The molecule has 1 unspecified atom stereocenters. The van der Waals surface area contributed by atoms with Gasteiger partial charge in [0.1, 0.15) is 0 Å². The summed E-state index contributed by atoms with van der Waals surface area (Å²) in [4.78, 5) is 11.5. The van der Waals surface area contributed by atoms with Crippen molar-refractivity contribution in [2.75, 3.05) is 0 Å². The molecule has 2 aromatic rings. The maximum absolute atomic E-state index is 11.5. The first-order chi connectivity index (χ1) is 9.49. The van der Waals surface area contributed by atoms with Crippen LogP contribution in [0.15, 0.2) is 42.5 Å². The third kappa shape index (κ3) is 3.45. The van der Waals surface area contributed by atoms with E-state index in [0.717, 1.165) is 5.56 Å². The van der Waals surface area contributed by atoms with Gasteiger partial charge in [-0.2, -0.15) is 0 Å². The molecular weight excluding hydrogens is 319 g/mol.